The van der Waals surface area contributed by atoms with E-state index in [-0.39, 0.29) is 5.78 Å². The molecule has 1 N–H and O–H groups in total. The van der Waals surface area contributed by atoms with E-state index in [1.807, 2.05) is 24.3 Å². The van der Waals surface area contributed by atoms with Crippen molar-refractivity contribution in [2.24, 2.45) is 11.8 Å². The lowest BCUT2D eigenvalue weighted by Gasteiger charge is -2.55. The molecule has 5 rings (SSSR count). The van der Waals surface area contributed by atoms with Gasteiger partial charge in [0.25, 0.3) is 0 Å². The first-order valence-electron chi connectivity index (χ1n) is 11.2. The molecule has 4 atom stereocenters. The second-order valence-electron chi connectivity index (χ2n) is 9.26. The van der Waals surface area contributed by atoms with E-state index in [2.05, 4.69) is 21.2 Å². The van der Waals surface area contributed by atoms with Crippen LogP contribution < -0.4 is 5.32 Å². The van der Waals surface area contributed by atoms with Crippen LogP contribution in [0.3, 0.4) is 0 Å². The molecule has 3 fully saturated rings. The molecule has 4 nitrogen and oxygen atoms in total. The van der Waals surface area contributed by atoms with Gasteiger partial charge in [-0.3, -0.25) is 9.69 Å². The Balaban J connectivity index is 1.35. The summed E-state index contributed by atoms with van der Waals surface area (Å²) < 4.78 is 0. The second kappa shape index (κ2) is 7.84. The van der Waals surface area contributed by atoms with Crippen LogP contribution in [0.2, 0.25) is 0 Å². The summed E-state index contributed by atoms with van der Waals surface area (Å²) in [5.41, 5.74) is 3.34. The van der Waals surface area contributed by atoms with Crippen LogP contribution in [0, 0.1) is 11.8 Å². The Hall–Kier alpha value is -1.72. The van der Waals surface area contributed by atoms with E-state index in [1.54, 1.807) is 12.5 Å². The van der Waals surface area contributed by atoms with Crippen molar-refractivity contribution >= 4 is 28.8 Å². The molecule has 29 heavy (non-hydrogen) atoms. The molecule has 3 aliphatic heterocycles. The fourth-order valence-electron chi connectivity index (χ4n) is 6.18. The summed E-state index contributed by atoms with van der Waals surface area (Å²) in [6.45, 7) is 5.14. The van der Waals surface area contributed by atoms with Crippen molar-refractivity contribution in [1.29, 1.82) is 0 Å². The molecule has 1 aliphatic carbocycles. The Kier molecular flexibility index (Phi) is 5.21. The van der Waals surface area contributed by atoms with Gasteiger partial charge in [-0.05, 0) is 93.9 Å². The quantitative estimate of drug-likeness (QED) is 0.443. The number of thiocarbonyl (C=S) groups is 1. The van der Waals surface area contributed by atoms with Crippen molar-refractivity contribution in [3.8, 4) is 0 Å². The molecule has 5 heteroatoms. The molecule has 0 spiro atoms. The number of Topliss-reactive ketones (excluding diaryl/α,β-unsaturated/α-hetero) is 1. The molecule has 1 aromatic carbocycles. The number of likely N-dealkylation sites (tertiary alicyclic amines) is 1. The number of ketones is 1. The lowest BCUT2D eigenvalue weighted by molar-refractivity contribution is 0.0132. The topological polar surface area (TPSA) is 35.6 Å². The fraction of sp³-hybridized carbons (Fsp3) is 0.583. The number of carbonyl (C=O) groups excluding carboxylic acids is 1. The fourth-order valence-corrected chi connectivity index (χ4v) is 6.51. The van der Waals surface area contributed by atoms with Crippen LogP contribution in [0.15, 0.2) is 35.9 Å². The van der Waals surface area contributed by atoms with Gasteiger partial charge < -0.3 is 10.2 Å². The molecule has 0 amide bonds. The molecule has 0 radical (unpaired) electrons. The summed E-state index contributed by atoms with van der Waals surface area (Å²) in [6, 6.07) is 8.90. The van der Waals surface area contributed by atoms with Gasteiger partial charge in [0.2, 0.25) is 0 Å². The highest BCUT2D eigenvalue weighted by Gasteiger charge is 2.46. The Morgan fingerprint density at radius 2 is 1.97 bits per heavy atom. The van der Waals surface area contributed by atoms with Gasteiger partial charge in [-0.25, -0.2) is 0 Å². The van der Waals surface area contributed by atoms with E-state index in [0.29, 0.717) is 12.0 Å². The number of anilines is 1. The molecule has 4 aliphatic rings. The number of piperidine rings is 3. The summed E-state index contributed by atoms with van der Waals surface area (Å²) in [4.78, 5) is 16.8. The number of hydrogen-bond donors (Lipinski definition) is 1. The second-order valence-corrected chi connectivity index (χ2v) is 9.65. The first kappa shape index (κ1) is 19.3. The van der Waals surface area contributed by atoms with Crippen molar-refractivity contribution in [1.82, 2.24) is 9.80 Å². The Morgan fingerprint density at radius 1 is 1.14 bits per heavy atom. The predicted molar refractivity (Wildman–Crippen MR) is 121 cm³/mol. The smallest absolute Gasteiger partial charge is 0.173 e. The Bertz CT molecular complexity index is 833. The highest BCUT2D eigenvalue weighted by Crippen LogP contribution is 2.45. The molecule has 1 aromatic rings. The lowest BCUT2D eigenvalue weighted by atomic mass is 9.68. The minimum Gasteiger partial charge on any atom is -0.342 e. The summed E-state index contributed by atoms with van der Waals surface area (Å²) in [5.74, 6) is 1.53. The van der Waals surface area contributed by atoms with Gasteiger partial charge in [0, 0.05) is 30.4 Å². The minimum atomic E-state index is 0.0926. The number of benzene rings is 1. The van der Waals surface area contributed by atoms with E-state index < -0.39 is 0 Å². The average molecular weight is 410 g/mol. The highest BCUT2D eigenvalue weighted by molar-refractivity contribution is 7.80. The van der Waals surface area contributed by atoms with Crippen molar-refractivity contribution in [3.05, 3.63) is 41.5 Å². The van der Waals surface area contributed by atoms with E-state index in [9.17, 15) is 4.79 Å². The minimum absolute atomic E-state index is 0.0926. The van der Waals surface area contributed by atoms with Crippen LogP contribution in [0.1, 0.15) is 55.8 Å². The molecule has 3 saturated heterocycles. The summed E-state index contributed by atoms with van der Waals surface area (Å²) in [6.07, 6.45) is 10.5. The first-order valence-corrected chi connectivity index (χ1v) is 11.6. The van der Waals surface area contributed by atoms with Crippen molar-refractivity contribution < 1.29 is 4.79 Å². The third-order valence-electron chi connectivity index (χ3n) is 7.46. The van der Waals surface area contributed by atoms with Gasteiger partial charge in [-0.15, -0.1) is 0 Å². The van der Waals surface area contributed by atoms with Crippen LogP contribution in [-0.4, -0.2) is 52.4 Å². The maximum Gasteiger partial charge on any atom is 0.173 e. The first-order chi connectivity index (χ1) is 14.1. The molecule has 3 heterocycles. The third kappa shape index (κ3) is 3.64. The van der Waals surface area contributed by atoms with E-state index in [4.69, 9.17) is 12.2 Å². The predicted octanol–water partition coefficient (Wildman–Crippen LogP) is 4.48. The largest absolute Gasteiger partial charge is 0.342 e. The van der Waals surface area contributed by atoms with E-state index in [1.165, 1.54) is 51.6 Å². The van der Waals surface area contributed by atoms with Gasteiger partial charge in [0.05, 0.1) is 6.04 Å². The van der Waals surface area contributed by atoms with Gasteiger partial charge in [-0.1, -0.05) is 18.1 Å². The van der Waals surface area contributed by atoms with Gasteiger partial charge in [0.1, 0.15) is 0 Å². The zero-order valence-electron chi connectivity index (χ0n) is 17.3. The van der Waals surface area contributed by atoms with Crippen molar-refractivity contribution in [3.63, 3.8) is 0 Å². The van der Waals surface area contributed by atoms with Crippen LogP contribution in [0.5, 0.6) is 0 Å². The van der Waals surface area contributed by atoms with Crippen LogP contribution in [0.25, 0.3) is 0 Å². The van der Waals surface area contributed by atoms with Crippen molar-refractivity contribution in [2.45, 2.75) is 57.5 Å². The SMILES string of the molecule is CC(=O)c1ccc(NC(=S)N2CCCC3=C[C@H]4C[C@H](CN5CCCC[C@H]45)[C@@H]32)cc1. The van der Waals surface area contributed by atoms with Crippen molar-refractivity contribution in [2.75, 3.05) is 25.0 Å². The zero-order chi connectivity index (χ0) is 20.0. The standard InChI is InChI=1S/C24H31N3OS/c1-16(28)17-7-9-21(10-8-17)25-24(29)27-12-4-5-18-13-19-14-20(23(18)27)15-26-11-3-2-6-22(19)26/h7-10,13,19-20,22-23H,2-6,11-12,14-15H2,1H3,(H,25,29)/t19-,20+,22+,23+/m0/s1. The number of fused-ring (bicyclic) bond motifs is 6. The third-order valence-corrected chi connectivity index (χ3v) is 7.80. The number of rotatable bonds is 2. The molecule has 154 valence electrons. The number of hydrogen-bond acceptors (Lipinski definition) is 3. The van der Waals surface area contributed by atoms with Gasteiger partial charge in [0.15, 0.2) is 10.9 Å². The van der Waals surface area contributed by atoms with E-state index >= 15 is 0 Å². The van der Waals surface area contributed by atoms with Crippen LogP contribution in [-0.2, 0) is 0 Å². The summed E-state index contributed by atoms with van der Waals surface area (Å²) >= 11 is 5.88. The molecule has 0 aromatic heterocycles. The Morgan fingerprint density at radius 3 is 2.76 bits per heavy atom. The normalized spacial score (nSPS) is 31.3. The molecular weight excluding hydrogens is 378 g/mol. The molecule has 0 unspecified atom stereocenters. The molecule has 0 saturated carbocycles. The maximum absolute atomic E-state index is 11.5. The maximum atomic E-state index is 11.5. The Labute approximate surface area is 179 Å². The summed E-state index contributed by atoms with van der Waals surface area (Å²) in [5, 5.41) is 4.28. The van der Waals surface area contributed by atoms with Gasteiger partial charge in [-0.2, -0.15) is 0 Å². The highest BCUT2D eigenvalue weighted by atomic mass is 32.1. The number of nitrogens with one attached hydrogen (secondary N) is 1. The zero-order valence-corrected chi connectivity index (χ0v) is 18.1. The average Bonchev–Trinajstić information content (AvgIpc) is 2.74. The summed E-state index contributed by atoms with van der Waals surface area (Å²) in [7, 11) is 0. The van der Waals surface area contributed by atoms with E-state index in [0.717, 1.165) is 34.9 Å². The molecular formula is C24H31N3OS. The van der Waals surface area contributed by atoms with Crippen LogP contribution in [0.4, 0.5) is 5.69 Å². The number of nitrogens with zero attached hydrogens (tertiary/aromatic N) is 2. The number of carbonyl (C=O) groups is 1. The van der Waals surface area contributed by atoms with Crippen LogP contribution >= 0.6 is 12.2 Å². The molecule has 2 bridgehead atoms. The lowest BCUT2D eigenvalue weighted by Crippen LogP contribution is -2.60. The van der Waals surface area contributed by atoms with Gasteiger partial charge >= 0.3 is 0 Å². The monoisotopic (exact) mass is 409 g/mol.